The summed E-state index contributed by atoms with van der Waals surface area (Å²) in [6.07, 6.45) is 1.51. The van der Waals surface area contributed by atoms with E-state index in [0.29, 0.717) is 16.9 Å². The molecule has 1 saturated heterocycles. The van der Waals surface area contributed by atoms with Crippen LogP contribution in [0.4, 0.5) is 11.4 Å². The van der Waals surface area contributed by atoms with Crippen LogP contribution in [0.15, 0.2) is 71.1 Å². The highest BCUT2D eigenvalue weighted by atomic mass is 32.2. The summed E-state index contributed by atoms with van der Waals surface area (Å²) in [5.41, 5.74) is 1.36. The maximum atomic E-state index is 13.3. The van der Waals surface area contributed by atoms with Crippen molar-refractivity contribution in [2.24, 2.45) is 4.99 Å². The molecular weight excluding hydrogens is 446 g/mol. The molecule has 2 amide bonds. The van der Waals surface area contributed by atoms with Crippen LogP contribution in [0.25, 0.3) is 5.57 Å². The summed E-state index contributed by atoms with van der Waals surface area (Å²) in [5, 5.41) is 18.7. The minimum Gasteiger partial charge on any atom is -0.480 e. The number of amides is 2. The minimum absolute atomic E-state index is 0.0456. The Morgan fingerprint density at radius 3 is 2.48 bits per heavy atom. The predicted octanol–water partition coefficient (Wildman–Crippen LogP) is 2.98. The molecule has 2 aromatic carbocycles. The molecule has 9 nitrogen and oxygen atoms in total. The van der Waals surface area contributed by atoms with E-state index in [9.17, 15) is 29.4 Å². The van der Waals surface area contributed by atoms with Crippen molar-refractivity contribution in [1.82, 2.24) is 4.90 Å². The Bertz CT molecular complexity index is 1280. The Labute approximate surface area is 192 Å². The van der Waals surface area contributed by atoms with E-state index in [1.807, 2.05) is 0 Å². The standard InChI is InChI=1S/C23H17N3O6S/c1-2-10-25-21(30)19(33-23(25)24-14-7-5-6-13(11-14)22(31)32)18-15-8-3-4-9-16(15)26(20(18)29)12-17(27)28/h2-9,11H,1,10,12H2,(H,27,28)(H,31,32)/b19-18-,24-23?. The SMILES string of the molecule is C=CCN1C(=O)/C(=C2/C(=O)N(CC(=O)O)c3ccccc32)SC1=Nc1cccc(C(=O)O)c1. The van der Waals surface area contributed by atoms with E-state index in [2.05, 4.69) is 11.6 Å². The van der Waals surface area contributed by atoms with Crippen LogP contribution in [0.2, 0.25) is 0 Å². The molecule has 2 aromatic rings. The van der Waals surface area contributed by atoms with Crippen LogP contribution in [0, 0.1) is 0 Å². The number of para-hydroxylation sites is 1. The topological polar surface area (TPSA) is 128 Å². The maximum Gasteiger partial charge on any atom is 0.335 e. The first-order valence-electron chi connectivity index (χ1n) is 9.71. The van der Waals surface area contributed by atoms with Crippen molar-refractivity contribution in [2.75, 3.05) is 18.0 Å². The Hall–Kier alpha value is -4.18. The number of aliphatic imine (C=N–C) groups is 1. The van der Waals surface area contributed by atoms with E-state index < -0.39 is 30.3 Å². The highest BCUT2D eigenvalue weighted by Gasteiger charge is 2.42. The smallest absolute Gasteiger partial charge is 0.335 e. The molecular formula is C23H17N3O6S. The van der Waals surface area contributed by atoms with Crippen LogP contribution in [0.5, 0.6) is 0 Å². The van der Waals surface area contributed by atoms with Gasteiger partial charge in [-0.2, -0.15) is 0 Å². The van der Waals surface area contributed by atoms with E-state index in [-0.39, 0.29) is 27.8 Å². The van der Waals surface area contributed by atoms with E-state index in [1.54, 1.807) is 36.4 Å². The quantitative estimate of drug-likeness (QED) is 0.498. The number of carboxylic acid groups (broad SMARTS) is 2. The van der Waals surface area contributed by atoms with Gasteiger partial charge in [0.15, 0.2) is 5.17 Å². The number of aromatic carboxylic acids is 1. The number of carbonyl (C=O) groups excluding carboxylic acids is 2. The van der Waals surface area contributed by atoms with Gasteiger partial charge >= 0.3 is 11.9 Å². The molecule has 0 bridgehead atoms. The number of benzene rings is 2. The van der Waals surface area contributed by atoms with Crippen LogP contribution in [-0.4, -0.2) is 57.1 Å². The number of thioether (sulfide) groups is 1. The van der Waals surface area contributed by atoms with Crippen molar-refractivity contribution in [2.45, 2.75) is 0 Å². The Morgan fingerprint density at radius 2 is 1.79 bits per heavy atom. The van der Waals surface area contributed by atoms with Gasteiger partial charge in [-0.15, -0.1) is 6.58 Å². The number of hydrogen-bond donors (Lipinski definition) is 2. The molecule has 4 rings (SSSR count). The lowest BCUT2D eigenvalue weighted by atomic mass is 10.1. The molecule has 166 valence electrons. The van der Waals surface area contributed by atoms with Crippen molar-refractivity contribution in [3.63, 3.8) is 0 Å². The van der Waals surface area contributed by atoms with E-state index >= 15 is 0 Å². The molecule has 10 heteroatoms. The second kappa shape index (κ2) is 8.75. The van der Waals surface area contributed by atoms with E-state index in [4.69, 9.17) is 0 Å². The molecule has 2 N–H and O–H groups in total. The van der Waals surface area contributed by atoms with Crippen LogP contribution >= 0.6 is 11.8 Å². The van der Waals surface area contributed by atoms with Gasteiger partial charge in [0.2, 0.25) is 0 Å². The molecule has 33 heavy (non-hydrogen) atoms. The third kappa shape index (κ3) is 4.03. The number of aliphatic carboxylic acids is 1. The first-order valence-corrected chi connectivity index (χ1v) is 10.5. The van der Waals surface area contributed by atoms with Crippen LogP contribution < -0.4 is 4.90 Å². The van der Waals surface area contributed by atoms with E-state index in [0.717, 1.165) is 16.7 Å². The second-order valence-corrected chi connectivity index (χ2v) is 8.04. The fourth-order valence-corrected chi connectivity index (χ4v) is 4.64. The number of fused-ring (bicyclic) bond motifs is 1. The zero-order chi connectivity index (χ0) is 23.7. The Balaban J connectivity index is 1.82. The average Bonchev–Trinajstić information content (AvgIpc) is 3.22. The van der Waals surface area contributed by atoms with Gasteiger partial charge < -0.3 is 10.2 Å². The average molecular weight is 463 g/mol. The summed E-state index contributed by atoms with van der Waals surface area (Å²) in [5.74, 6) is -3.33. The minimum atomic E-state index is -1.18. The number of anilines is 1. The lowest BCUT2D eigenvalue weighted by Gasteiger charge is -2.13. The fourth-order valence-electron chi connectivity index (χ4n) is 3.54. The summed E-state index contributed by atoms with van der Waals surface area (Å²) in [7, 11) is 0. The summed E-state index contributed by atoms with van der Waals surface area (Å²) < 4.78 is 0. The first-order chi connectivity index (χ1) is 15.8. The molecule has 2 heterocycles. The number of rotatable bonds is 6. The molecule has 0 saturated carbocycles. The Kier molecular flexibility index (Phi) is 5.84. The number of carboxylic acids is 2. The highest BCUT2D eigenvalue weighted by Crippen LogP contribution is 2.44. The molecule has 0 unspecified atom stereocenters. The fraction of sp³-hybridized carbons (Fsp3) is 0.0870. The third-order valence-electron chi connectivity index (χ3n) is 4.94. The molecule has 2 aliphatic heterocycles. The van der Waals surface area contributed by atoms with Gasteiger partial charge in [0.05, 0.1) is 27.4 Å². The zero-order valence-electron chi connectivity index (χ0n) is 17.1. The number of hydrogen-bond acceptors (Lipinski definition) is 6. The molecule has 0 aromatic heterocycles. The molecule has 2 aliphatic rings. The lowest BCUT2D eigenvalue weighted by Crippen LogP contribution is -2.33. The van der Waals surface area contributed by atoms with Gasteiger partial charge in [-0.1, -0.05) is 30.3 Å². The second-order valence-electron chi connectivity index (χ2n) is 7.06. The zero-order valence-corrected chi connectivity index (χ0v) is 17.9. The number of amidine groups is 1. The third-order valence-corrected chi connectivity index (χ3v) is 6.01. The Morgan fingerprint density at radius 1 is 1.03 bits per heavy atom. The van der Waals surface area contributed by atoms with Gasteiger partial charge in [0.25, 0.3) is 11.8 Å². The molecule has 0 spiro atoms. The largest absolute Gasteiger partial charge is 0.480 e. The lowest BCUT2D eigenvalue weighted by molar-refractivity contribution is -0.136. The molecule has 0 aliphatic carbocycles. The predicted molar refractivity (Wildman–Crippen MR) is 123 cm³/mol. The normalized spacial score (nSPS) is 18.7. The van der Waals surface area contributed by atoms with Gasteiger partial charge in [-0.05, 0) is 36.0 Å². The van der Waals surface area contributed by atoms with Gasteiger partial charge in [0, 0.05) is 12.1 Å². The summed E-state index contributed by atoms with van der Waals surface area (Å²) in [6.45, 7) is 3.25. The molecule has 0 radical (unpaired) electrons. The monoisotopic (exact) mass is 463 g/mol. The number of carbonyl (C=O) groups is 4. The number of nitrogens with zero attached hydrogens (tertiary/aromatic N) is 3. The van der Waals surface area contributed by atoms with Crippen molar-refractivity contribution in [1.29, 1.82) is 0 Å². The summed E-state index contributed by atoms with van der Waals surface area (Å²) in [6, 6.07) is 12.6. The highest BCUT2D eigenvalue weighted by molar-refractivity contribution is 8.18. The first kappa shape index (κ1) is 22.0. The van der Waals surface area contributed by atoms with Crippen molar-refractivity contribution >= 4 is 57.6 Å². The van der Waals surface area contributed by atoms with Gasteiger partial charge in [-0.3, -0.25) is 24.2 Å². The van der Waals surface area contributed by atoms with Crippen LogP contribution in [0.3, 0.4) is 0 Å². The van der Waals surface area contributed by atoms with Gasteiger partial charge in [-0.25, -0.2) is 9.79 Å². The summed E-state index contributed by atoms with van der Waals surface area (Å²) >= 11 is 0.977. The maximum absolute atomic E-state index is 13.3. The van der Waals surface area contributed by atoms with Gasteiger partial charge in [0.1, 0.15) is 6.54 Å². The van der Waals surface area contributed by atoms with Crippen LogP contribution in [0.1, 0.15) is 15.9 Å². The van der Waals surface area contributed by atoms with E-state index in [1.165, 1.54) is 23.1 Å². The van der Waals surface area contributed by atoms with Crippen molar-refractivity contribution in [3.8, 4) is 0 Å². The van der Waals surface area contributed by atoms with Crippen LogP contribution in [-0.2, 0) is 14.4 Å². The van der Waals surface area contributed by atoms with Crippen molar-refractivity contribution < 1.29 is 29.4 Å². The molecule has 1 fully saturated rings. The summed E-state index contributed by atoms with van der Waals surface area (Å²) in [4.78, 5) is 56.1. The van der Waals surface area contributed by atoms with Crippen molar-refractivity contribution in [3.05, 3.63) is 77.2 Å². The molecule has 0 atom stereocenters.